The summed E-state index contributed by atoms with van der Waals surface area (Å²) < 4.78 is 15.6. The smallest absolute Gasteiger partial charge is 0.344 e. The van der Waals surface area contributed by atoms with Crippen LogP contribution in [0.15, 0.2) is 28.8 Å². The minimum Gasteiger partial charge on any atom is -0.495 e. The molecule has 25 heavy (non-hydrogen) atoms. The maximum Gasteiger partial charge on any atom is 0.344 e. The highest BCUT2D eigenvalue weighted by Gasteiger charge is 2.27. The Morgan fingerprint density at radius 1 is 1.20 bits per heavy atom. The summed E-state index contributed by atoms with van der Waals surface area (Å²) in [7, 11) is 1.51. The van der Waals surface area contributed by atoms with Gasteiger partial charge in [0.2, 0.25) is 0 Å². The number of rotatable bonds is 6. The Hall–Kier alpha value is -2.83. The van der Waals surface area contributed by atoms with Crippen LogP contribution in [0.25, 0.3) is 0 Å². The molecule has 0 bridgehead atoms. The van der Waals surface area contributed by atoms with E-state index in [1.807, 2.05) is 13.8 Å². The number of anilines is 1. The van der Waals surface area contributed by atoms with Gasteiger partial charge in [0.15, 0.2) is 11.9 Å². The predicted molar refractivity (Wildman–Crippen MR) is 91.8 cm³/mol. The Morgan fingerprint density at radius 2 is 1.88 bits per heavy atom. The number of carbonyl (C=O) groups is 2. The standard InChI is InChI=1S/C18H22N2O5/c1-10(2)16-15(11(3)20-25-16)18(22)24-12(4)17(21)19-13-8-6-7-9-14(13)23-5/h6-10,12H,1-5H3,(H,19,21)/t12-/m1/s1. The Labute approximate surface area is 146 Å². The molecule has 1 heterocycles. The molecule has 1 aromatic carbocycles. The lowest BCUT2D eigenvalue weighted by atomic mass is 10.1. The van der Waals surface area contributed by atoms with Crippen LogP contribution in [-0.2, 0) is 9.53 Å². The lowest BCUT2D eigenvalue weighted by Gasteiger charge is -2.15. The first-order valence-electron chi connectivity index (χ1n) is 7.96. The number of benzene rings is 1. The molecule has 0 aliphatic carbocycles. The van der Waals surface area contributed by atoms with Gasteiger partial charge in [-0.25, -0.2) is 4.79 Å². The molecule has 0 unspecified atom stereocenters. The SMILES string of the molecule is COc1ccccc1NC(=O)[C@@H](C)OC(=O)c1c(C)noc1C(C)C. The van der Waals surface area contributed by atoms with Crippen molar-refractivity contribution >= 4 is 17.6 Å². The highest BCUT2D eigenvalue weighted by molar-refractivity contribution is 5.98. The lowest BCUT2D eigenvalue weighted by Crippen LogP contribution is -2.30. The van der Waals surface area contributed by atoms with E-state index in [1.54, 1.807) is 31.2 Å². The van der Waals surface area contributed by atoms with Gasteiger partial charge >= 0.3 is 5.97 Å². The van der Waals surface area contributed by atoms with Crippen molar-refractivity contribution in [2.24, 2.45) is 0 Å². The van der Waals surface area contributed by atoms with Gasteiger partial charge in [0.25, 0.3) is 5.91 Å². The summed E-state index contributed by atoms with van der Waals surface area (Å²) in [5.41, 5.74) is 1.21. The first-order chi connectivity index (χ1) is 11.8. The van der Waals surface area contributed by atoms with Crippen molar-refractivity contribution < 1.29 is 23.6 Å². The number of para-hydroxylation sites is 2. The molecule has 2 rings (SSSR count). The van der Waals surface area contributed by atoms with E-state index in [-0.39, 0.29) is 11.5 Å². The van der Waals surface area contributed by atoms with Gasteiger partial charge in [0.05, 0.1) is 18.5 Å². The van der Waals surface area contributed by atoms with E-state index in [2.05, 4.69) is 10.5 Å². The Balaban J connectivity index is 2.09. The third kappa shape index (κ3) is 4.17. The summed E-state index contributed by atoms with van der Waals surface area (Å²) in [6.07, 6.45) is -0.994. The summed E-state index contributed by atoms with van der Waals surface area (Å²) in [6.45, 7) is 6.93. The average molecular weight is 346 g/mol. The Bertz CT molecular complexity index is 767. The van der Waals surface area contributed by atoms with E-state index in [0.29, 0.717) is 22.9 Å². The molecule has 0 saturated heterocycles. The summed E-state index contributed by atoms with van der Waals surface area (Å²) in [5.74, 6) is -0.157. The van der Waals surface area contributed by atoms with Crippen LogP contribution < -0.4 is 10.1 Å². The molecule has 0 saturated carbocycles. The quantitative estimate of drug-likeness (QED) is 0.807. The number of esters is 1. The zero-order valence-corrected chi connectivity index (χ0v) is 15.0. The second-order valence-corrected chi connectivity index (χ2v) is 5.90. The molecule has 2 aromatic rings. The molecular weight excluding hydrogens is 324 g/mol. The van der Waals surface area contributed by atoms with E-state index >= 15 is 0 Å². The summed E-state index contributed by atoms with van der Waals surface area (Å²) in [4.78, 5) is 24.7. The minimum absolute atomic E-state index is 0.0264. The van der Waals surface area contributed by atoms with Crippen LogP contribution in [0.1, 0.15) is 48.5 Å². The third-order valence-corrected chi connectivity index (χ3v) is 3.64. The van der Waals surface area contributed by atoms with Crippen LogP contribution in [0.4, 0.5) is 5.69 Å². The van der Waals surface area contributed by atoms with E-state index in [4.69, 9.17) is 14.0 Å². The van der Waals surface area contributed by atoms with Gasteiger partial charge in [0.1, 0.15) is 11.3 Å². The second-order valence-electron chi connectivity index (χ2n) is 5.90. The van der Waals surface area contributed by atoms with Gasteiger partial charge < -0.3 is 19.3 Å². The van der Waals surface area contributed by atoms with E-state index in [1.165, 1.54) is 14.0 Å². The monoisotopic (exact) mass is 346 g/mol. The molecule has 0 spiro atoms. The number of nitrogens with one attached hydrogen (secondary N) is 1. The summed E-state index contributed by atoms with van der Waals surface area (Å²) in [6, 6.07) is 6.98. The molecular formula is C18H22N2O5. The maximum absolute atomic E-state index is 12.4. The number of hydrogen-bond donors (Lipinski definition) is 1. The fraction of sp³-hybridized carbons (Fsp3) is 0.389. The van der Waals surface area contributed by atoms with Crippen molar-refractivity contribution in [2.75, 3.05) is 12.4 Å². The maximum atomic E-state index is 12.4. The fourth-order valence-electron chi connectivity index (χ4n) is 2.28. The van der Waals surface area contributed by atoms with Gasteiger partial charge in [-0.3, -0.25) is 4.79 Å². The van der Waals surface area contributed by atoms with Crippen LogP contribution in [0.5, 0.6) is 5.75 Å². The van der Waals surface area contributed by atoms with Gasteiger partial charge in [-0.05, 0) is 26.0 Å². The van der Waals surface area contributed by atoms with Gasteiger partial charge in [0, 0.05) is 5.92 Å². The third-order valence-electron chi connectivity index (χ3n) is 3.64. The molecule has 1 atom stereocenters. The number of aryl methyl sites for hydroxylation is 1. The molecule has 134 valence electrons. The largest absolute Gasteiger partial charge is 0.495 e. The van der Waals surface area contributed by atoms with Crippen molar-refractivity contribution in [1.82, 2.24) is 5.16 Å². The number of nitrogens with zero attached hydrogens (tertiary/aromatic N) is 1. The molecule has 0 aliphatic heterocycles. The Morgan fingerprint density at radius 3 is 2.52 bits per heavy atom. The topological polar surface area (TPSA) is 90.7 Å². The van der Waals surface area contributed by atoms with Crippen LogP contribution in [-0.4, -0.2) is 30.2 Å². The second kappa shape index (κ2) is 7.83. The average Bonchev–Trinajstić information content (AvgIpc) is 2.97. The molecule has 0 aliphatic rings. The van der Waals surface area contributed by atoms with Crippen molar-refractivity contribution in [3.8, 4) is 5.75 Å². The zero-order chi connectivity index (χ0) is 18.6. The first-order valence-corrected chi connectivity index (χ1v) is 7.96. The molecule has 7 nitrogen and oxygen atoms in total. The number of amides is 1. The summed E-state index contributed by atoms with van der Waals surface area (Å²) in [5, 5.41) is 6.49. The number of ether oxygens (including phenoxy) is 2. The number of aromatic nitrogens is 1. The predicted octanol–water partition coefficient (Wildman–Crippen LogP) is 3.30. The van der Waals surface area contributed by atoms with Crippen LogP contribution >= 0.6 is 0 Å². The van der Waals surface area contributed by atoms with Crippen molar-refractivity contribution in [3.63, 3.8) is 0 Å². The van der Waals surface area contributed by atoms with Crippen LogP contribution in [0.2, 0.25) is 0 Å². The molecule has 1 aromatic heterocycles. The van der Waals surface area contributed by atoms with Crippen molar-refractivity contribution in [1.29, 1.82) is 0 Å². The fourth-order valence-corrected chi connectivity index (χ4v) is 2.28. The minimum atomic E-state index is -0.994. The van der Waals surface area contributed by atoms with E-state index in [9.17, 15) is 9.59 Å². The van der Waals surface area contributed by atoms with Crippen LogP contribution in [0, 0.1) is 6.92 Å². The van der Waals surface area contributed by atoms with Gasteiger partial charge in [-0.2, -0.15) is 0 Å². The van der Waals surface area contributed by atoms with E-state index < -0.39 is 18.0 Å². The molecule has 1 amide bonds. The van der Waals surface area contributed by atoms with Gasteiger partial charge in [-0.15, -0.1) is 0 Å². The molecule has 0 radical (unpaired) electrons. The molecule has 1 N–H and O–H groups in total. The van der Waals surface area contributed by atoms with Crippen molar-refractivity contribution in [2.45, 2.75) is 39.7 Å². The summed E-state index contributed by atoms with van der Waals surface area (Å²) >= 11 is 0. The molecule has 0 fully saturated rings. The number of carbonyl (C=O) groups excluding carboxylic acids is 2. The normalized spacial score (nSPS) is 11.9. The van der Waals surface area contributed by atoms with Crippen molar-refractivity contribution in [3.05, 3.63) is 41.3 Å². The molecule has 7 heteroatoms. The lowest BCUT2D eigenvalue weighted by molar-refractivity contribution is -0.123. The zero-order valence-electron chi connectivity index (χ0n) is 15.0. The number of hydrogen-bond acceptors (Lipinski definition) is 6. The first kappa shape index (κ1) is 18.5. The highest BCUT2D eigenvalue weighted by Crippen LogP contribution is 2.25. The van der Waals surface area contributed by atoms with E-state index in [0.717, 1.165) is 0 Å². The van der Waals surface area contributed by atoms with Crippen LogP contribution in [0.3, 0.4) is 0 Å². The van der Waals surface area contributed by atoms with Gasteiger partial charge in [-0.1, -0.05) is 31.1 Å². The highest BCUT2D eigenvalue weighted by atomic mass is 16.5. The number of methoxy groups -OCH3 is 1. The Kier molecular flexibility index (Phi) is 5.80.